The van der Waals surface area contributed by atoms with Gasteiger partial charge in [-0.25, -0.2) is 9.59 Å². The van der Waals surface area contributed by atoms with Gasteiger partial charge in [0.25, 0.3) is 0 Å². The molecule has 7 nitrogen and oxygen atoms in total. The van der Waals surface area contributed by atoms with Crippen LogP contribution in [0.25, 0.3) is 0 Å². The van der Waals surface area contributed by atoms with Gasteiger partial charge in [-0.2, -0.15) is 0 Å². The Morgan fingerprint density at radius 3 is 1.66 bits per heavy atom. The van der Waals surface area contributed by atoms with Gasteiger partial charge in [-0.1, -0.05) is 46.1 Å². The van der Waals surface area contributed by atoms with Gasteiger partial charge in [0.2, 0.25) is 0 Å². The Labute approximate surface area is 177 Å². The van der Waals surface area contributed by atoms with Gasteiger partial charge in [0.05, 0.1) is 0 Å². The molecule has 1 atom stereocenters. The zero-order valence-electron chi connectivity index (χ0n) is 19.5. The Bertz CT molecular complexity index is 528. The van der Waals surface area contributed by atoms with E-state index in [1.165, 1.54) is 22.0 Å². The maximum absolute atomic E-state index is 12.2. The van der Waals surface area contributed by atoms with E-state index in [1.54, 1.807) is 14.1 Å². The molecule has 0 heterocycles. The topological polar surface area (TPSA) is 68.3 Å². The van der Waals surface area contributed by atoms with E-state index in [9.17, 15) is 9.59 Å². The molecule has 0 spiro atoms. The lowest BCUT2D eigenvalue weighted by Crippen LogP contribution is -2.49. The molecule has 0 aromatic carbocycles. The van der Waals surface area contributed by atoms with Crippen molar-refractivity contribution < 1.29 is 23.5 Å². The molecule has 0 aliphatic heterocycles. The molecule has 0 aliphatic carbocycles. The number of rotatable bonds is 11. The number of hydrogen-bond acceptors (Lipinski definition) is 5. The minimum Gasteiger partial charge on any atom is -0.445 e. The van der Waals surface area contributed by atoms with Crippen molar-refractivity contribution >= 4 is 20.5 Å². The fourth-order valence-corrected chi connectivity index (χ4v) is 3.90. The standard InChI is InChI=1S/C21H40N2O5Si/c1-11-13-26-19(24)22(7)15-18(16-23(8)20(25)27-14-12-2)17(3)28-29(9,10)21(4,5)6/h11-12,17-18H,1-2,13-16H2,3-10H3. The SMILES string of the molecule is C=CCOC(=O)N(C)CC(CN(C)C(=O)OCC=C)C(C)O[Si](C)(C)C(C)(C)C. The van der Waals surface area contributed by atoms with Gasteiger partial charge in [0, 0.05) is 39.2 Å². The van der Waals surface area contributed by atoms with Gasteiger partial charge in [-0.05, 0) is 25.1 Å². The Hall–Kier alpha value is -1.80. The Kier molecular flexibility index (Phi) is 11.3. The highest BCUT2D eigenvalue weighted by Crippen LogP contribution is 2.38. The Morgan fingerprint density at radius 1 is 0.966 bits per heavy atom. The van der Waals surface area contributed by atoms with E-state index in [-0.39, 0.29) is 30.3 Å². The highest BCUT2D eigenvalue weighted by atomic mass is 28.4. The normalized spacial score (nSPS) is 12.9. The van der Waals surface area contributed by atoms with Crippen LogP contribution in [-0.4, -0.2) is 76.8 Å². The lowest BCUT2D eigenvalue weighted by atomic mass is 10.0. The molecule has 0 radical (unpaired) electrons. The summed E-state index contributed by atoms with van der Waals surface area (Å²) in [6.07, 6.45) is 2.00. The molecule has 0 fully saturated rings. The first-order chi connectivity index (χ1) is 13.3. The van der Waals surface area contributed by atoms with Crippen LogP contribution >= 0.6 is 0 Å². The molecular formula is C21H40N2O5Si. The van der Waals surface area contributed by atoms with Crippen LogP contribution < -0.4 is 0 Å². The fourth-order valence-electron chi connectivity index (χ4n) is 2.43. The lowest BCUT2D eigenvalue weighted by molar-refractivity contribution is 0.0660. The highest BCUT2D eigenvalue weighted by Gasteiger charge is 2.40. The van der Waals surface area contributed by atoms with Crippen LogP contribution in [0.15, 0.2) is 25.3 Å². The van der Waals surface area contributed by atoms with Gasteiger partial charge < -0.3 is 23.7 Å². The summed E-state index contributed by atoms with van der Waals surface area (Å²) in [5, 5.41) is 0.0510. The lowest BCUT2D eigenvalue weighted by Gasteiger charge is -2.41. The molecule has 0 rings (SSSR count). The van der Waals surface area contributed by atoms with Crippen molar-refractivity contribution in [3.05, 3.63) is 25.3 Å². The van der Waals surface area contributed by atoms with Crippen molar-refractivity contribution in [3.63, 3.8) is 0 Å². The van der Waals surface area contributed by atoms with E-state index in [1.807, 2.05) is 6.92 Å². The van der Waals surface area contributed by atoms with E-state index in [2.05, 4.69) is 47.0 Å². The van der Waals surface area contributed by atoms with Crippen molar-refractivity contribution in [2.75, 3.05) is 40.4 Å². The quantitative estimate of drug-likeness (QED) is 0.357. The van der Waals surface area contributed by atoms with E-state index >= 15 is 0 Å². The third-order valence-electron chi connectivity index (χ3n) is 5.24. The highest BCUT2D eigenvalue weighted by molar-refractivity contribution is 6.74. The van der Waals surface area contributed by atoms with Crippen LogP contribution in [0.1, 0.15) is 27.7 Å². The largest absolute Gasteiger partial charge is 0.445 e. The molecule has 8 heteroatoms. The summed E-state index contributed by atoms with van der Waals surface area (Å²) in [5.41, 5.74) is 0. The van der Waals surface area contributed by atoms with Crippen molar-refractivity contribution in [1.29, 1.82) is 0 Å². The summed E-state index contributed by atoms with van der Waals surface area (Å²) in [5.74, 6) is -0.119. The average Bonchev–Trinajstić information content (AvgIpc) is 2.61. The molecule has 0 N–H and O–H groups in total. The smallest absolute Gasteiger partial charge is 0.409 e. The molecule has 29 heavy (non-hydrogen) atoms. The maximum atomic E-state index is 12.2. The Balaban J connectivity index is 5.35. The van der Waals surface area contributed by atoms with Crippen LogP contribution in [0.3, 0.4) is 0 Å². The van der Waals surface area contributed by atoms with Gasteiger partial charge in [-0.3, -0.25) is 0 Å². The van der Waals surface area contributed by atoms with Crippen LogP contribution in [0.2, 0.25) is 18.1 Å². The van der Waals surface area contributed by atoms with Crippen molar-refractivity contribution in [2.24, 2.45) is 5.92 Å². The number of carbonyl (C=O) groups is 2. The molecule has 0 aromatic heterocycles. The van der Waals surface area contributed by atoms with E-state index in [0.717, 1.165) is 0 Å². The van der Waals surface area contributed by atoms with Crippen LogP contribution in [0.4, 0.5) is 9.59 Å². The number of carbonyl (C=O) groups excluding carboxylic acids is 2. The number of nitrogens with zero attached hydrogens (tertiary/aromatic N) is 2. The molecule has 168 valence electrons. The summed E-state index contributed by atoms with van der Waals surface area (Å²) in [7, 11) is 1.32. The molecule has 2 amide bonds. The molecule has 0 aliphatic rings. The average molecular weight is 429 g/mol. The molecular weight excluding hydrogens is 388 g/mol. The summed E-state index contributed by atoms with van der Waals surface area (Å²) in [4.78, 5) is 27.4. The minimum atomic E-state index is -2.03. The second-order valence-electron chi connectivity index (χ2n) is 8.84. The van der Waals surface area contributed by atoms with Crippen LogP contribution in [-0.2, 0) is 13.9 Å². The van der Waals surface area contributed by atoms with E-state index in [4.69, 9.17) is 13.9 Å². The van der Waals surface area contributed by atoms with E-state index in [0.29, 0.717) is 13.1 Å². The predicted octanol–water partition coefficient (Wildman–Crippen LogP) is 4.52. The third kappa shape index (κ3) is 9.49. The zero-order chi connectivity index (χ0) is 22.8. The van der Waals surface area contributed by atoms with Gasteiger partial charge in [0.15, 0.2) is 8.32 Å². The predicted molar refractivity (Wildman–Crippen MR) is 120 cm³/mol. The summed E-state index contributed by atoms with van der Waals surface area (Å²) in [6.45, 7) is 21.1. The Morgan fingerprint density at radius 2 is 1.34 bits per heavy atom. The van der Waals surface area contributed by atoms with Gasteiger partial charge in [0.1, 0.15) is 13.2 Å². The number of hydrogen-bond donors (Lipinski definition) is 0. The summed E-state index contributed by atoms with van der Waals surface area (Å²) >= 11 is 0. The first-order valence-electron chi connectivity index (χ1n) is 9.92. The van der Waals surface area contributed by atoms with Crippen LogP contribution in [0.5, 0.6) is 0 Å². The van der Waals surface area contributed by atoms with Crippen molar-refractivity contribution in [2.45, 2.75) is 51.9 Å². The van der Waals surface area contributed by atoms with Gasteiger partial charge >= 0.3 is 12.2 Å². The van der Waals surface area contributed by atoms with Gasteiger partial charge in [-0.15, -0.1) is 0 Å². The summed E-state index contributed by atoms with van der Waals surface area (Å²) in [6, 6.07) is 0. The maximum Gasteiger partial charge on any atom is 0.409 e. The van der Waals surface area contributed by atoms with E-state index < -0.39 is 20.5 Å². The van der Waals surface area contributed by atoms with Crippen molar-refractivity contribution in [3.8, 4) is 0 Å². The molecule has 0 saturated carbocycles. The minimum absolute atomic E-state index is 0.0510. The first kappa shape index (κ1) is 27.2. The number of amides is 2. The van der Waals surface area contributed by atoms with Crippen LogP contribution in [0, 0.1) is 5.92 Å². The number of ether oxygens (including phenoxy) is 2. The third-order valence-corrected chi connectivity index (χ3v) is 9.81. The second kappa shape index (κ2) is 12.0. The molecule has 0 aromatic rings. The van der Waals surface area contributed by atoms with Crippen molar-refractivity contribution in [1.82, 2.24) is 9.80 Å². The molecule has 0 bridgehead atoms. The molecule has 0 saturated heterocycles. The summed E-state index contributed by atoms with van der Waals surface area (Å²) < 4.78 is 16.8. The zero-order valence-corrected chi connectivity index (χ0v) is 20.5. The fraction of sp³-hybridized carbons (Fsp3) is 0.714. The monoisotopic (exact) mass is 428 g/mol. The second-order valence-corrected chi connectivity index (χ2v) is 13.6. The first-order valence-corrected chi connectivity index (χ1v) is 12.8. The molecule has 1 unspecified atom stereocenters.